The molecular formula is C12H10O8. The van der Waals surface area contributed by atoms with Crippen LogP contribution in [0.15, 0.2) is 48.7 Å². The van der Waals surface area contributed by atoms with Gasteiger partial charge in [-0.05, 0) is 18.2 Å². The first-order valence-electron chi connectivity index (χ1n) is 5.09. The standard InChI is InChI=1S/C12H10O8/c13-5-9(15)19-11(17)7-2-1-3-8(4-7)12(18)20-10(16)6-14/h1-6,13-16H. The lowest BCUT2D eigenvalue weighted by molar-refractivity contribution is 0.0418. The van der Waals surface area contributed by atoms with Gasteiger partial charge >= 0.3 is 23.8 Å². The number of carbonyl (C=O) groups is 2. The minimum Gasteiger partial charge on any atom is -0.508 e. The van der Waals surface area contributed by atoms with Gasteiger partial charge in [-0.3, -0.25) is 0 Å². The Kier molecular flexibility index (Phi) is 4.98. The van der Waals surface area contributed by atoms with E-state index < -0.39 is 23.8 Å². The maximum atomic E-state index is 11.5. The summed E-state index contributed by atoms with van der Waals surface area (Å²) in [5.41, 5.74) is -0.222. The summed E-state index contributed by atoms with van der Waals surface area (Å²) in [4.78, 5) is 23.0. The topological polar surface area (TPSA) is 134 Å². The van der Waals surface area contributed by atoms with E-state index in [0.29, 0.717) is 0 Å². The molecule has 1 rings (SSSR count). The summed E-state index contributed by atoms with van der Waals surface area (Å²) < 4.78 is 8.59. The van der Waals surface area contributed by atoms with Crippen molar-refractivity contribution < 1.29 is 39.5 Å². The molecule has 0 radical (unpaired) electrons. The second-order valence-electron chi connectivity index (χ2n) is 3.29. The zero-order valence-corrected chi connectivity index (χ0v) is 9.89. The van der Waals surface area contributed by atoms with E-state index >= 15 is 0 Å². The zero-order valence-electron chi connectivity index (χ0n) is 9.89. The number of hydrogen-bond donors (Lipinski definition) is 4. The van der Waals surface area contributed by atoms with Gasteiger partial charge in [0.1, 0.15) is 0 Å². The maximum absolute atomic E-state index is 11.5. The van der Waals surface area contributed by atoms with Gasteiger partial charge in [-0.2, -0.15) is 0 Å². The van der Waals surface area contributed by atoms with Gasteiger partial charge in [-0.15, -0.1) is 0 Å². The van der Waals surface area contributed by atoms with Crippen LogP contribution in [-0.2, 0) is 9.47 Å². The predicted molar refractivity (Wildman–Crippen MR) is 64.0 cm³/mol. The lowest BCUT2D eigenvalue weighted by atomic mass is 10.1. The molecule has 8 heteroatoms. The average molecular weight is 282 g/mol. The van der Waals surface area contributed by atoms with E-state index in [4.69, 9.17) is 20.4 Å². The van der Waals surface area contributed by atoms with E-state index in [1.165, 1.54) is 18.2 Å². The lowest BCUT2D eigenvalue weighted by Crippen LogP contribution is -2.09. The molecule has 0 saturated heterocycles. The quantitative estimate of drug-likeness (QED) is 0.485. The molecular weight excluding hydrogens is 272 g/mol. The number of aliphatic hydroxyl groups is 4. The number of carbonyl (C=O) groups excluding carboxylic acids is 2. The molecule has 0 aromatic heterocycles. The highest BCUT2D eigenvalue weighted by molar-refractivity contribution is 5.95. The average Bonchev–Trinajstić information content (AvgIpc) is 2.46. The molecule has 0 saturated carbocycles. The third-order valence-corrected chi connectivity index (χ3v) is 1.95. The Morgan fingerprint density at radius 3 is 1.65 bits per heavy atom. The van der Waals surface area contributed by atoms with Crippen molar-refractivity contribution in [3.63, 3.8) is 0 Å². The van der Waals surface area contributed by atoms with Gasteiger partial charge < -0.3 is 29.9 Å². The van der Waals surface area contributed by atoms with Crippen molar-refractivity contribution in [3.8, 4) is 0 Å². The summed E-state index contributed by atoms with van der Waals surface area (Å²) >= 11 is 0. The summed E-state index contributed by atoms with van der Waals surface area (Å²) in [6, 6.07) is 4.96. The van der Waals surface area contributed by atoms with Gasteiger partial charge in [0.05, 0.1) is 11.1 Å². The van der Waals surface area contributed by atoms with Crippen LogP contribution in [0.2, 0.25) is 0 Å². The van der Waals surface area contributed by atoms with Gasteiger partial charge in [0.25, 0.3) is 0 Å². The summed E-state index contributed by atoms with van der Waals surface area (Å²) in [6.07, 6.45) is 0.361. The van der Waals surface area contributed by atoms with E-state index in [1.54, 1.807) is 0 Å². The maximum Gasteiger partial charge on any atom is 0.346 e. The summed E-state index contributed by atoms with van der Waals surface area (Å²) in [7, 11) is 0. The molecule has 4 N–H and O–H groups in total. The van der Waals surface area contributed by atoms with Crippen LogP contribution >= 0.6 is 0 Å². The first-order chi connectivity index (χ1) is 9.47. The molecule has 8 nitrogen and oxygen atoms in total. The van der Waals surface area contributed by atoms with Gasteiger partial charge in [0.2, 0.25) is 0 Å². The molecule has 0 atom stereocenters. The van der Waals surface area contributed by atoms with Crippen molar-refractivity contribution in [2.45, 2.75) is 0 Å². The molecule has 0 bridgehead atoms. The fraction of sp³-hybridized carbons (Fsp3) is 0. The van der Waals surface area contributed by atoms with Crippen LogP contribution in [0.25, 0.3) is 0 Å². The highest BCUT2D eigenvalue weighted by Gasteiger charge is 2.15. The van der Waals surface area contributed by atoms with Gasteiger partial charge in [-0.25, -0.2) is 9.59 Å². The van der Waals surface area contributed by atoms with Crippen molar-refractivity contribution in [1.82, 2.24) is 0 Å². The minimum absolute atomic E-state index is 0.111. The van der Waals surface area contributed by atoms with Crippen molar-refractivity contribution in [2.24, 2.45) is 0 Å². The fourth-order valence-electron chi connectivity index (χ4n) is 1.13. The van der Waals surface area contributed by atoms with Crippen LogP contribution < -0.4 is 0 Å². The molecule has 0 amide bonds. The SMILES string of the molecule is O=C(OC(O)=CO)c1cccc(C(=O)OC(O)=CO)c1. The van der Waals surface area contributed by atoms with Crippen LogP contribution in [0, 0.1) is 0 Å². The van der Waals surface area contributed by atoms with E-state index in [0.717, 1.165) is 6.07 Å². The molecule has 106 valence electrons. The van der Waals surface area contributed by atoms with Crippen LogP contribution in [0.3, 0.4) is 0 Å². The second kappa shape index (κ2) is 6.69. The first-order valence-corrected chi connectivity index (χ1v) is 5.09. The molecule has 0 spiro atoms. The van der Waals surface area contributed by atoms with E-state index in [-0.39, 0.29) is 23.7 Å². The smallest absolute Gasteiger partial charge is 0.346 e. The molecule has 1 aromatic rings. The van der Waals surface area contributed by atoms with E-state index in [2.05, 4.69) is 9.47 Å². The molecule has 0 heterocycles. The van der Waals surface area contributed by atoms with Crippen molar-refractivity contribution in [3.05, 3.63) is 59.8 Å². The Hall–Kier alpha value is -3.16. The van der Waals surface area contributed by atoms with Crippen LogP contribution in [0.5, 0.6) is 0 Å². The molecule has 0 fully saturated rings. The number of ether oxygens (including phenoxy) is 2. The first kappa shape index (κ1) is 14.9. The normalized spacial score (nSPS) is 11.8. The Balaban J connectivity index is 2.90. The van der Waals surface area contributed by atoms with E-state index in [9.17, 15) is 9.59 Å². The summed E-state index contributed by atoms with van der Waals surface area (Å²) in [5.74, 6) is -4.07. The largest absolute Gasteiger partial charge is 0.508 e. The van der Waals surface area contributed by atoms with Gasteiger partial charge in [-0.1, -0.05) is 6.07 Å². The second-order valence-corrected chi connectivity index (χ2v) is 3.29. The number of hydrogen-bond acceptors (Lipinski definition) is 8. The Morgan fingerprint density at radius 1 is 0.900 bits per heavy atom. The Bertz CT molecular complexity index is 525. The molecule has 0 aliphatic rings. The lowest BCUT2D eigenvalue weighted by Gasteiger charge is -2.05. The fourth-order valence-corrected chi connectivity index (χ4v) is 1.13. The van der Waals surface area contributed by atoms with Crippen LogP contribution in [-0.4, -0.2) is 32.4 Å². The van der Waals surface area contributed by atoms with E-state index in [1.807, 2.05) is 0 Å². The number of esters is 2. The summed E-state index contributed by atoms with van der Waals surface area (Å²) in [6.45, 7) is 0. The third kappa shape index (κ3) is 3.95. The van der Waals surface area contributed by atoms with Gasteiger partial charge in [0.15, 0.2) is 12.5 Å². The number of rotatable bonds is 4. The minimum atomic E-state index is -1.02. The predicted octanol–water partition coefficient (Wildman–Crippen LogP) is 1.83. The highest BCUT2D eigenvalue weighted by Crippen LogP contribution is 2.11. The third-order valence-electron chi connectivity index (χ3n) is 1.95. The number of aliphatic hydroxyl groups excluding tert-OH is 4. The molecule has 20 heavy (non-hydrogen) atoms. The zero-order chi connectivity index (χ0) is 15.1. The molecule has 0 aliphatic heterocycles. The van der Waals surface area contributed by atoms with Crippen LogP contribution in [0.4, 0.5) is 0 Å². The Labute approximate surface area is 112 Å². The molecule has 1 aromatic carbocycles. The summed E-state index contributed by atoms with van der Waals surface area (Å²) in [5, 5.41) is 34.4. The highest BCUT2D eigenvalue weighted by atomic mass is 16.6. The molecule has 0 aliphatic carbocycles. The Morgan fingerprint density at radius 2 is 1.30 bits per heavy atom. The number of benzene rings is 1. The van der Waals surface area contributed by atoms with Crippen molar-refractivity contribution >= 4 is 11.9 Å². The monoisotopic (exact) mass is 282 g/mol. The molecule has 0 unspecified atom stereocenters. The van der Waals surface area contributed by atoms with Crippen LogP contribution in [0.1, 0.15) is 20.7 Å². The van der Waals surface area contributed by atoms with Crippen molar-refractivity contribution in [2.75, 3.05) is 0 Å². The van der Waals surface area contributed by atoms with Gasteiger partial charge in [0, 0.05) is 0 Å². The van der Waals surface area contributed by atoms with Crippen molar-refractivity contribution in [1.29, 1.82) is 0 Å².